The zero-order valence-corrected chi connectivity index (χ0v) is 16.2. The van der Waals surface area contributed by atoms with E-state index < -0.39 is 6.04 Å². The highest BCUT2D eigenvalue weighted by atomic mass is 19.1. The van der Waals surface area contributed by atoms with Crippen LogP contribution in [0.15, 0.2) is 54.6 Å². The maximum Gasteiger partial charge on any atom is 0.323 e. The zero-order valence-electron chi connectivity index (χ0n) is 16.2. The molecule has 2 N–H and O–H groups in total. The molecular formula is C23H30FNO2. The van der Waals surface area contributed by atoms with Gasteiger partial charge in [0.05, 0.1) is 6.10 Å². The number of rotatable bonds is 2. The maximum absolute atomic E-state index is 12.1. The van der Waals surface area contributed by atoms with Crippen molar-refractivity contribution in [1.29, 1.82) is 0 Å². The molecule has 146 valence electrons. The lowest BCUT2D eigenvalue weighted by atomic mass is 9.89. The first-order valence-electron chi connectivity index (χ1n) is 9.66. The molecule has 2 unspecified atom stereocenters. The van der Waals surface area contributed by atoms with Gasteiger partial charge in [0.1, 0.15) is 11.9 Å². The van der Waals surface area contributed by atoms with Crippen LogP contribution in [-0.4, -0.2) is 18.1 Å². The van der Waals surface area contributed by atoms with Gasteiger partial charge in [0.2, 0.25) is 0 Å². The monoisotopic (exact) mass is 371 g/mol. The smallest absolute Gasteiger partial charge is 0.323 e. The molecule has 1 aliphatic heterocycles. The Labute approximate surface area is 161 Å². The van der Waals surface area contributed by atoms with Crippen LogP contribution in [-0.2, 0) is 16.0 Å². The van der Waals surface area contributed by atoms with Crippen molar-refractivity contribution < 1.29 is 13.9 Å². The maximum atomic E-state index is 12.1. The molecular weight excluding hydrogens is 341 g/mol. The zero-order chi connectivity index (χ0) is 19.6. The van der Waals surface area contributed by atoms with Crippen LogP contribution in [0.2, 0.25) is 0 Å². The molecule has 1 fully saturated rings. The molecule has 0 spiro atoms. The molecule has 0 radical (unpaired) electrons. The summed E-state index contributed by atoms with van der Waals surface area (Å²) in [5.41, 5.74) is 8.25. The average molecular weight is 371 g/mol. The predicted molar refractivity (Wildman–Crippen MR) is 107 cm³/mol. The Morgan fingerprint density at radius 3 is 2.37 bits per heavy atom. The van der Waals surface area contributed by atoms with Crippen molar-refractivity contribution in [2.75, 3.05) is 0 Å². The van der Waals surface area contributed by atoms with E-state index in [1.54, 1.807) is 12.1 Å². The lowest BCUT2D eigenvalue weighted by Gasteiger charge is -2.20. The minimum atomic E-state index is -0.446. The number of cyclic esters (lactones) is 1. The second-order valence-corrected chi connectivity index (χ2v) is 7.37. The Bertz CT molecular complexity index is 666. The van der Waals surface area contributed by atoms with Crippen LogP contribution in [0.4, 0.5) is 4.39 Å². The van der Waals surface area contributed by atoms with E-state index in [4.69, 9.17) is 10.5 Å². The summed E-state index contributed by atoms with van der Waals surface area (Å²) in [7, 11) is 0. The van der Waals surface area contributed by atoms with E-state index in [0.29, 0.717) is 5.92 Å². The second kappa shape index (κ2) is 10.8. The van der Waals surface area contributed by atoms with Gasteiger partial charge in [0.15, 0.2) is 0 Å². The van der Waals surface area contributed by atoms with E-state index in [9.17, 15) is 9.18 Å². The fraction of sp³-hybridized carbons (Fsp3) is 0.435. The highest BCUT2D eigenvalue weighted by molar-refractivity contribution is 5.75. The lowest BCUT2D eigenvalue weighted by Crippen LogP contribution is -2.33. The number of benzene rings is 2. The molecule has 0 bridgehead atoms. The minimum Gasteiger partial charge on any atom is -0.462 e. The number of nitrogens with two attached hydrogens (primary N) is 1. The molecule has 3 nitrogen and oxygen atoms in total. The highest BCUT2D eigenvalue weighted by Gasteiger charge is 2.23. The number of esters is 1. The van der Waals surface area contributed by atoms with Crippen LogP contribution in [0, 0.1) is 18.7 Å². The third-order valence-electron chi connectivity index (χ3n) is 4.79. The van der Waals surface area contributed by atoms with Gasteiger partial charge in [-0.1, -0.05) is 54.4 Å². The minimum absolute atomic E-state index is 0.0367. The molecule has 0 saturated carbocycles. The van der Waals surface area contributed by atoms with Gasteiger partial charge in [0, 0.05) is 0 Å². The van der Waals surface area contributed by atoms with Gasteiger partial charge in [-0.15, -0.1) is 0 Å². The molecule has 3 atom stereocenters. The highest BCUT2D eigenvalue weighted by Crippen LogP contribution is 2.24. The Morgan fingerprint density at radius 1 is 1.07 bits per heavy atom. The van der Waals surface area contributed by atoms with Gasteiger partial charge in [-0.3, -0.25) is 4.79 Å². The van der Waals surface area contributed by atoms with Crippen LogP contribution in [0.3, 0.4) is 0 Å². The number of aryl methyl sites for hydroxylation is 1. The van der Waals surface area contributed by atoms with E-state index in [1.165, 1.54) is 17.7 Å². The predicted octanol–water partition coefficient (Wildman–Crippen LogP) is 4.81. The molecule has 1 saturated heterocycles. The van der Waals surface area contributed by atoms with Gasteiger partial charge in [-0.05, 0) is 63.1 Å². The number of carbonyl (C=O) groups is 1. The summed E-state index contributed by atoms with van der Waals surface area (Å²) in [6, 6.07) is 16.5. The van der Waals surface area contributed by atoms with Gasteiger partial charge in [-0.2, -0.15) is 0 Å². The van der Waals surface area contributed by atoms with Crippen molar-refractivity contribution in [3.63, 3.8) is 0 Å². The number of halogens is 1. The molecule has 2 aromatic rings. The molecule has 1 aliphatic rings. The second-order valence-electron chi connectivity index (χ2n) is 7.37. The Morgan fingerprint density at radius 2 is 1.74 bits per heavy atom. The first kappa shape index (κ1) is 21.1. The summed E-state index contributed by atoms with van der Waals surface area (Å²) >= 11 is 0. The van der Waals surface area contributed by atoms with Gasteiger partial charge < -0.3 is 10.5 Å². The number of hydrogen-bond donors (Lipinski definition) is 1. The summed E-state index contributed by atoms with van der Waals surface area (Å²) in [4.78, 5) is 11.6. The molecule has 0 amide bonds. The fourth-order valence-corrected chi connectivity index (χ4v) is 3.33. The van der Waals surface area contributed by atoms with Crippen LogP contribution in [0.5, 0.6) is 0 Å². The fourth-order valence-electron chi connectivity index (χ4n) is 3.33. The first-order valence-corrected chi connectivity index (χ1v) is 9.66. The standard InChI is InChI=1S/C16H23NO2.C7H7F/c1-12-10-14(11-13-6-3-2-4-7-13)8-5-9-15(17)16(18)19-12;1-6-2-4-7(8)5-3-6/h2-4,6-7,12,14-15H,5,8-11,17H2,1H3;2-5H,1H3/t12?,14?,15-;/m0./s1. The van der Waals surface area contributed by atoms with E-state index in [2.05, 4.69) is 24.3 Å². The van der Waals surface area contributed by atoms with Gasteiger partial charge in [-0.25, -0.2) is 4.39 Å². The van der Waals surface area contributed by atoms with Crippen molar-refractivity contribution in [3.8, 4) is 0 Å². The number of hydrogen-bond acceptors (Lipinski definition) is 3. The molecule has 0 aliphatic carbocycles. The average Bonchev–Trinajstić information content (AvgIpc) is 2.70. The van der Waals surface area contributed by atoms with Crippen LogP contribution >= 0.6 is 0 Å². The van der Waals surface area contributed by atoms with E-state index in [-0.39, 0.29) is 17.9 Å². The van der Waals surface area contributed by atoms with Gasteiger partial charge >= 0.3 is 5.97 Å². The molecule has 0 aromatic heterocycles. The summed E-state index contributed by atoms with van der Waals surface area (Å²) in [6.07, 6.45) is 4.79. The van der Waals surface area contributed by atoms with Crippen LogP contribution < -0.4 is 5.73 Å². The first-order chi connectivity index (χ1) is 12.9. The summed E-state index contributed by atoms with van der Waals surface area (Å²) in [6.45, 7) is 3.90. The molecule has 2 aromatic carbocycles. The Kier molecular flexibility index (Phi) is 8.46. The molecule has 1 heterocycles. The lowest BCUT2D eigenvalue weighted by molar-refractivity contribution is -0.150. The van der Waals surface area contributed by atoms with Crippen LogP contribution in [0.1, 0.15) is 43.7 Å². The summed E-state index contributed by atoms with van der Waals surface area (Å²) in [5, 5.41) is 0. The van der Waals surface area contributed by atoms with Gasteiger partial charge in [0.25, 0.3) is 0 Å². The topological polar surface area (TPSA) is 52.3 Å². The quantitative estimate of drug-likeness (QED) is 0.771. The Balaban J connectivity index is 0.000000273. The number of carbonyl (C=O) groups excluding carboxylic acids is 1. The largest absolute Gasteiger partial charge is 0.462 e. The Hall–Kier alpha value is -2.20. The van der Waals surface area contributed by atoms with Crippen molar-refractivity contribution in [2.45, 2.75) is 58.1 Å². The van der Waals surface area contributed by atoms with E-state index in [1.807, 2.05) is 19.9 Å². The molecule has 3 rings (SSSR count). The number of ether oxygens (including phenoxy) is 1. The van der Waals surface area contributed by atoms with Crippen molar-refractivity contribution in [3.05, 3.63) is 71.5 Å². The van der Waals surface area contributed by atoms with E-state index >= 15 is 0 Å². The third kappa shape index (κ3) is 7.92. The third-order valence-corrected chi connectivity index (χ3v) is 4.79. The van der Waals surface area contributed by atoms with Crippen LogP contribution in [0.25, 0.3) is 0 Å². The van der Waals surface area contributed by atoms with Crippen molar-refractivity contribution in [2.24, 2.45) is 11.7 Å². The van der Waals surface area contributed by atoms with Crippen molar-refractivity contribution >= 4 is 5.97 Å². The SMILES string of the molecule is CC1CC(Cc2ccccc2)CCC[C@H](N)C(=O)O1.Cc1ccc(F)cc1. The summed E-state index contributed by atoms with van der Waals surface area (Å²) in [5.74, 6) is 0.152. The molecule has 4 heteroatoms. The molecule has 27 heavy (non-hydrogen) atoms. The normalized spacial score (nSPS) is 23.1. The van der Waals surface area contributed by atoms with E-state index in [0.717, 1.165) is 37.7 Å². The summed E-state index contributed by atoms with van der Waals surface area (Å²) < 4.78 is 17.5. The van der Waals surface area contributed by atoms with Crippen molar-refractivity contribution in [1.82, 2.24) is 0 Å².